The molecule has 1 atom stereocenters. The molecule has 1 heterocycles. The summed E-state index contributed by atoms with van der Waals surface area (Å²) in [6.07, 6.45) is 5.64. The lowest BCUT2D eigenvalue weighted by atomic mass is 10.0. The van der Waals surface area contributed by atoms with Crippen LogP contribution in [0.4, 0.5) is 0 Å². The summed E-state index contributed by atoms with van der Waals surface area (Å²) in [5.74, 6) is 0.687. The molecular weight excluding hydrogens is 146 g/mol. The van der Waals surface area contributed by atoms with Crippen LogP contribution in [-0.2, 0) is 12.8 Å². The van der Waals surface area contributed by atoms with Gasteiger partial charge in [0.15, 0.2) is 0 Å². The van der Waals surface area contributed by atoms with Crippen LogP contribution in [0.1, 0.15) is 43.0 Å². The van der Waals surface area contributed by atoms with Gasteiger partial charge in [-0.1, -0.05) is 13.8 Å². The Hall–Kier alpha value is -0.850. The van der Waals surface area contributed by atoms with Crippen LogP contribution < -0.4 is 0 Å². The number of hydrogen-bond acceptors (Lipinski definition) is 1. The van der Waals surface area contributed by atoms with Crippen molar-refractivity contribution < 1.29 is 0 Å². The Balaban J connectivity index is 2.50. The number of nitrogens with zero attached hydrogens (tertiary/aromatic N) is 1. The van der Waals surface area contributed by atoms with E-state index in [1.54, 1.807) is 0 Å². The molecule has 0 saturated heterocycles. The molecule has 0 N–H and O–H groups in total. The molecule has 1 aromatic heterocycles. The lowest BCUT2D eigenvalue weighted by Gasteiger charge is -2.05. The van der Waals surface area contributed by atoms with Crippen molar-refractivity contribution in [3.63, 3.8) is 0 Å². The molecule has 1 nitrogen and oxygen atoms in total. The molecule has 1 heteroatoms. The Morgan fingerprint density at radius 1 is 1.58 bits per heavy atom. The van der Waals surface area contributed by atoms with Crippen molar-refractivity contribution in [2.24, 2.45) is 0 Å². The van der Waals surface area contributed by atoms with Crippen molar-refractivity contribution in [3.8, 4) is 0 Å². The second-order valence-electron chi connectivity index (χ2n) is 3.63. The second kappa shape index (κ2) is 2.89. The zero-order valence-corrected chi connectivity index (χ0v) is 7.80. The van der Waals surface area contributed by atoms with Gasteiger partial charge in [-0.05, 0) is 42.4 Å². The van der Waals surface area contributed by atoms with Gasteiger partial charge in [0.05, 0.1) is 0 Å². The average molecular weight is 161 g/mol. The lowest BCUT2D eigenvalue weighted by Crippen LogP contribution is -1.95. The fourth-order valence-electron chi connectivity index (χ4n) is 2.09. The van der Waals surface area contributed by atoms with E-state index in [2.05, 4.69) is 24.9 Å². The van der Waals surface area contributed by atoms with Crippen molar-refractivity contribution >= 4 is 0 Å². The second-order valence-corrected chi connectivity index (χ2v) is 3.63. The van der Waals surface area contributed by atoms with Crippen LogP contribution in [0.3, 0.4) is 0 Å². The SMILES string of the molecule is CCc1ccnc2c1CCC2C. The van der Waals surface area contributed by atoms with E-state index < -0.39 is 0 Å². The van der Waals surface area contributed by atoms with Crippen LogP contribution in [0.5, 0.6) is 0 Å². The van der Waals surface area contributed by atoms with Gasteiger partial charge in [0.1, 0.15) is 0 Å². The maximum Gasteiger partial charge on any atom is 0.0466 e. The molecule has 1 aromatic rings. The number of rotatable bonds is 1. The van der Waals surface area contributed by atoms with E-state index in [1.165, 1.54) is 29.7 Å². The first-order valence-corrected chi connectivity index (χ1v) is 4.79. The van der Waals surface area contributed by atoms with Crippen LogP contribution in [0.2, 0.25) is 0 Å². The van der Waals surface area contributed by atoms with E-state index in [1.807, 2.05) is 6.20 Å². The summed E-state index contributed by atoms with van der Waals surface area (Å²) >= 11 is 0. The third kappa shape index (κ3) is 1.04. The highest BCUT2D eigenvalue weighted by atomic mass is 14.7. The van der Waals surface area contributed by atoms with E-state index in [9.17, 15) is 0 Å². The maximum atomic E-state index is 4.45. The van der Waals surface area contributed by atoms with Gasteiger partial charge in [-0.15, -0.1) is 0 Å². The summed E-state index contributed by atoms with van der Waals surface area (Å²) in [6.45, 7) is 4.50. The minimum absolute atomic E-state index is 0.687. The monoisotopic (exact) mass is 161 g/mol. The first-order valence-electron chi connectivity index (χ1n) is 4.79. The largest absolute Gasteiger partial charge is 0.261 e. The van der Waals surface area contributed by atoms with Crippen LogP contribution in [0, 0.1) is 0 Å². The predicted octanol–water partition coefficient (Wildman–Crippen LogP) is 2.69. The molecule has 0 amide bonds. The van der Waals surface area contributed by atoms with E-state index in [0.717, 1.165) is 6.42 Å². The molecule has 0 aliphatic heterocycles. The minimum Gasteiger partial charge on any atom is -0.261 e. The summed E-state index contributed by atoms with van der Waals surface area (Å²) in [4.78, 5) is 4.45. The molecule has 1 aliphatic carbocycles. The Morgan fingerprint density at radius 3 is 3.17 bits per heavy atom. The highest BCUT2D eigenvalue weighted by molar-refractivity contribution is 5.35. The third-order valence-corrected chi connectivity index (χ3v) is 2.86. The van der Waals surface area contributed by atoms with Gasteiger partial charge >= 0.3 is 0 Å². The van der Waals surface area contributed by atoms with E-state index in [0.29, 0.717) is 5.92 Å². The Bertz CT molecular complexity index is 291. The summed E-state index contributed by atoms with van der Waals surface area (Å²) < 4.78 is 0. The smallest absolute Gasteiger partial charge is 0.0466 e. The van der Waals surface area contributed by atoms with E-state index >= 15 is 0 Å². The summed E-state index contributed by atoms with van der Waals surface area (Å²) in [7, 11) is 0. The highest BCUT2D eigenvalue weighted by Gasteiger charge is 2.21. The van der Waals surface area contributed by atoms with Crippen molar-refractivity contribution in [1.82, 2.24) is 4.98 Å². The van der Waals surface area contributed by atoms with Gasteiger partial charge in [0.25, 0.3) is 0 Å². The molecule has 0 radical (unpaired) electrons. The number of aryl methyl sites for hydroxylation is 1. The number of aromatic nitrogens is 1. The third-order valence-electron chi connectivity index (χ3n) is 2.86. The first-order chi connectivity index (χ1) is 5.83. The fraction of sp³-hybridized carbons (Fsp3) is 0.545. The topological polar surface area (TPSA) is 12.9 Å². The summed E-state index contributed by atoms with van der Waals surface area (Å²) in [5.41, 5.74) is 4.39. The van der Waals surface area contributed by atoms with Crippen molar-refractivity contribution in [1.29, 1.82) is 0 Å². The van der Waals surface area contributed by atoms with Crippen LogP contribution >= 0.6 is 0 Å². The molecule has 64 valence electrons. The highest BCUT2D eigenvalue weighted by Crippen LogP contribution is 2.32. The Labute approximate surface area is 73.8 Å². The van der Waals surface area contributed by atoms with Crippen molar-refractivity contribution in [2.75, 3.05) is 0 Å². The standard InChI is InChI=1S/C11H15N/c1-3-9-6-7-12-11-8(2)4-5-10(9)11/h6-8H,3-5H2,1-2H3. The first kappa shape index (κ1) is 7.78. The van der Waals surface area contributed by atoms with Gasteiger partial charge in [0.2, 0.25) is 0 Å². The minimum atomic E-state index is 0.687. The molecule has 1 aliphatic rings. The van der Waals surface area contributed by atoms with E-state index in [-0.39, 0.29) is 0 Å². The van der Waals surface area contributed by atoms with Crippen molar-refractivity contribution in [3.05, 3.63) is 29.1 Å². The molecule has 1 unspecified atom stereocenters. The lowest BCUT2D eigenvalue weighted by molar-refractivity contribution is 0.731. The molecule has 0 aromatic carbocycles. The van der Waals surface area contributed by atoms with Gasteiger partial charge in [-0.2, -0.15) is 0 Å². The molecular formula is C11H15N. The van der Waals surface area contributed by atoms with Gasteiger partial charge in [0, 0.05) is 11.9 Å². The molecule has 12 heavy (non-hydrogen) atoms. The Kier molecular flexibility index (Phi) is 1.87. The summed E-state index contributed by atoms with van der Waals surface area (Å²) in [5, 5.41) is 0. The number of pyridine rings is 1. The zero-order chi connectivity index (χ0) is 8.55. The quantitative estimate of drug-likeness (QED) is 0.617. The average Bonchev–Trinajstić information content (AvgIpc) is 2.48. The molecule has 0 spiro atoms. The summed E-state index contributed by atoms with van der Waals surface area (Å²) in [6, 6.07) is 2.16. The number of hydrogen-bond donors (Lipinski definition) is 0. The maximum absolute atomic E-state index is 4.45. The zero-order valence-electron chi connectivity index (χ0n) is 7.80. The normalized spacial score (nSPS) is 21.0. The van der Waals surface area contributed by atoms with Gasteiger partial charge in [-0.25, -0.2) is 0 Å². The van der Waals surface area contributed by atoms with Crippen molar-refractivity contribution in [2.45, 2.75) is 39.0 Å². The molecule has 0 fully saturated rings. The van der Waals surface area contributed by atoms with Gasteiger partial charge < -0.3 is 0 Å². The fourth-order valence-corrected chi connectivity index (χ4v) is 2.09. The molecule has 2 rings (SSSR count). The number of fused-ring (bicyclic) bond motifs is 1. The Morgan fingerprint density at radius 2 is 2.42 bits per heavy atom. The molecule has 0 saturated carbocycles. The molecule has 0 bridgehead atoms. The van der Waals surface area contributed by atoms with Crippen LogP contribution in [-0.4, -0.2) is 4.98 Å². The van der Waals surface area contributed by atoms with Crippen LogP contribution in [0.15, 0.2) is 12.3 Å². The van der Waals surface area contributed by atoms with Gasteiger partial charge in [-0.3, -0.25) is 4.98 Å². The van der Waals surface area contributed by atoms with Crippen LogP contribution in [0.25, 0.3) is 0 Å². The predicted molar refractivity (Wildman–Crippen MR) is 50.4 cm³/mol. The van der Waals surface area contributed by atoms with E-state index in [4.69, 9.17) is 0 Å².